The van der Waals surface area contributed by atoms with E-state index in [-0.39, 0.29) is 42.0 Å². The smallest absolute Gasteiger partial charge is 0.351 e. The van der Waals surface area contributed by atoms with Crippen LogP contribution in [-0.4, -0.2) is 54.9 Å². The Kier molecular flexibility index (Phi) is 5.64. The molecular formula is C22H30F3N3O3S. The second-order valence-electron chi connectivity index (χ2n) is 9.94. The average molecular weight is 474 g/mol. The molecule has 4 rings (SSSR count). The van der Waals surface area contributed by atoms with Gasteiger partial charge >= 0.3 is 6.18 Å². The lowest BCUT2D eigenvalue weighted by Crippen LogP contribution is -2.57. The summed E-state index contributed by atoms with van der Waals surface area (Å²) in [6.45, 7) is 6.75. The molecule has 3 fully saturated rings. The molecule has 178 valence electrons. The Morgan fingerprint density at radius 1 is 1.22 bits per heavy atom. The second kappa shape index (κ2) is 7.68. The van der Waals surface area contributed by atoms with Crippen LogP contribution in [0.4, 0.5) is 19.0 Å². The third-order valence-electron chi connectivity index (χ3n) is 8.25. The Hall–Kier alpha value is -1.68. The van der Waals surface area contributed by atoms with Crippen LogP contribution in [0.15, 0.2) is 18.3 Å². The quantitative estimate of drug-likeness (QED) is 0.652. The van der Waals surface area contributed by atoms with Crippen LogP contribution in [-0.2, 0) is 21.0 Å². The summed E-state index contributed by atoms with van der Waals surface area (Å²) in [4.78, 5) is 18.7. The number of carbonyl (C=O) groups excluding carboxylic acids is 1. The number of alkyl halides is 3. The van der Waals surface area contributed by atoms with E-state index in [1.807, 2.05) is 25.7 Å². The van der Waals surface area contributed by atoms with Gasteiger partial charge in [0.1, 0.15) is 11.6 Å². The van der Waals surface area contributed by atoms with Crippen molar-refractivity contribution in [3.8, 4) is 0 Å². The van der Waals surface area contributed by atoms with E-state index in [0.29, 0.717) is 31.6 Å². The Labute approximate surface area is 187 Å². The third-order valence-corrected chi connectivity index (χ3v) is 10.2. The number of aromatic nitrogens is 1. The summed E-state index contributed by atoms with van der Waals surface area (Å²) in [5, 5.41) is 0. The average Bonchev–Trinajstić information content (AvgIpc) is 3.07. The monoisotopic (exact) mass is 473 g/mol. The molecule has 1 aliphatic heterocycles. The summed E-state index contributed by atoms with van der Waals surface area (Å²) in [7, 11) is -3.67. The fourth-order valence-corrected chi connectivity index (χ4v) is 8.21. The number of piperazine rings is 1. The largest absolute Gasteiger partial charge is 0.417 e. The second-order valence-corrected chi connectivity index (χ2v) is 11.9. The highest BCUT2D eigenvalue weighted by molar-refractivity contribution is 7.89. The van der Waals surface area contributed by atoms with Crippen molar-refractivity contribution in [1.29, 1.82) is 0 Å². The van der Waals surface area contributed by atoms with E-state index in [1.165, 1.54) is 10.4 Å². The Morgan fingerprint density at radius 2 is 1.94 bits per heavy atom. The Bertz CT molecular complexity index is 994. The van der Waals surface area contributed by atoms with Gasteiger partial charge in [-0.15, -0.1) is 0 Å². The number of hydrogen-bond donors (Lipinski definition) is 0. The minimum Gasteiger partial charge on any atom is -0.351 e. The molecule has 2 aliphatic carbocycles. The molecular weight excluding hydrogens is 443 g/mol. The van der Waals surface area contributed by atoms with Gasteiger partial charge in [-0.05, 0) is 42.7 Å². The molecule has 1 aromatic heterocycles. The fraction of sp³-hybridized carbons (Fsp3) is 0.727. The van der Waals surface area contributed by atoms with Gasteiger partial charge in [0.2, 0.25) is 10.0 Å². The van der Waals surface area contributed by atoms with E-state index < -0.39 is 27.2 Å². The summed E-state index contributed by atoms with van der Waals surface area (Å²) in [5.74, 6) is 0.571. The molecule has 0 spiro atoms. The first-order valence-corrected chi connectivity index (χ1v) is 12.7. The third kappa shape index (κ3) is 3.63. The van der Waals surface area contributed by atoms with Crippen LogP contribution in [0.25, 0.3) is 0 Å². The molecule has 0 radical (unpaired) electrons. The summed E-state index contributed by atoms with van der Waals surface area (Å²) >= 11 is 0. The maximum atomic E-state index is 13.4. The van der Waals surface area contributed by atoms with Crippen LogP contribution in [0.1, 0.15) is 52.0 Å². The van der Waals surface area contributed by atoms with Crippen molar-refractivity contribution < 1.29 is 26.4 Å². The number of fused-ring (bicyclic) bond motifs is 2. The highest BCUT2D eigenvalue weighted by Crippen LogP contribution is 2.64. The van der Waals surface area contributed by atoms with Crippen LogP contribution in [0.5, 0.6) is 0 Å². The zero-order valence-electron chi connectivity index (χ0n) is 18.7. The van der Waals surface area contributed by atoms with E-state index in [4.69, 9.17) is 0 Å². The van der Waals surface area contributed by atoms with Crippen molar-refractivity contribution in [2.45, 2.75) is 58.7 Å². The van der Waals surface area contributed by atoms with E-state index >= 15 is 0 Å². The molecule has 0 amide bonds. The van der Waals surface area contributed by atoms with Crippen molar-refractivity contribution >= 4 is 21.6 Å². The molecule has 3 aliphatic rings. The standard InChI is InChI=1S/C22H30F3N3O3S/c1-4-17-13-27(9-10-28(17)19-6-5-16(12-26-19)22(23,24)25)32(30,31)14-21-8-7-15(11-18(21)29)20(21,2)3/h5-6,12,15,17H,4,7-11,13-14H2,1-3H3/t15-,17?,21+/m0/s1. The van der Waals surface area contributed by atoms with Crippen molar-refractivity contribution in [3.63, 3.8) is 0 Å². The molecule has 3 atom stereocenters. The fourth-order valence-electron chi connectivity index (χ4n) is 5.96. The molecule has 2 bridgehead atoms. The highest BCUT2D eigenvalue weighted by atomic mass is 32.2. The van der Waals surface area contributed by atoms with Crippen molar-refractivity contribution in [2.24, 2.45) is 16.7 Å². The number of pyridine rings is 1. The minimum absolute atomic E-state index is 0.0713. The lowest BCUT2D eigenvalue weighted by Gasteiger charge is -2.43. The van der Waals surface area contributed by atoms with Crippen LogP contribution in [0.3, 0.4) is 0 Å². The predicted octanol–water partition coefficient (Wildman–Crippen LogP) is 3.73. The summed E-state index contributed by atoms with van der Waals surface area (Å²) < 4.78 is 66.9. The number of sulfonamides is 1. The van der Waals surface area contributed by atoms with Gasteiger partial charge in [0.15, 0.2) is 0 Å². The molecule has 0 N–H and O–H groups in total. The van der Waals surface area contributed by atoms with E-state index in [2.05, 4.69) is 4.98 Å². The van der Waals surface area contributed by atoms with Gasteiger partial charge in [0.25, 0.3) is 0 Å². The Balaban J connectivity index is 1.51. The minimum atomic E-state index is -4.45. The first kappa shape index (κ1) is 23.5. The summed E-state index contributed by atoms with van der Waals surface area (Å²) in [5.41, 5.74) is -1.95. The van der Waals surface area contributed by atoms with Gasteiger partial charge < -0.3 is 4.90 Å². The predicted molar refractivity (Wildman–Crippen MR) is 115 cm³/mol. The van der Waals surface area contributed by atoms with Gasteiger partial charge in [-0.25, -0.2) is 13.4 Å². The number of rotatable bonds is 5. The highest BCUT2D eigenvalue weighted by Gasteiger charge is 2.65. The van der Waals surface area contributed by atoms with Crippen LogP contribution < -0.4 is 4.90 Å². The molecule has 10 heteroatoms. The van der Waals surface area contributed by atoms with E-state index in [0.717, 1.165) is 18.7 Å². The van der Waals surface area contributed by atoms with Gasteiger partial charge in [-0.3, -0.25) is 4.79 Å². The lowest BCUT2D eigenvalue weighted by atomic mass is 9.70. The van der Waals surface area contributed by atoms with Crippen LogP contribution in [0, 0.1) is 16.7 Å². The lowest BCUT2D eigenvalue weighted by molar-refractivity contribution is -0.137. The molecule has 2 heterocycles. The number of anilines is 1. The van der Waals surface area contributed by atoms with Crippen molar-refractivity contribution in [2.75, 3.05) is 30.3 Å². The molecule has 6 nitrogen and oxygen atoms in total. The van der Waals surface area contributed by atoms with Gasteiger partial charge in [-0.1, -0.05) is 20.8 Å². The molecule has 0 aromatic carbocycles. The zero-order valence-corrected chi connectivity index (χ0v) is 19.5. The molecule has 2 saturated carbocycles. The van der Waals surface area contributed by atoms with Crippen LogP contribution >= 0.6 is 0 Å². The number of nitrogens with zero attached hydrogens (tertiary/aromatic N) is 3. The first-order chi connectivity index (χ1) is 14.8. The number of ketones is 1. The maximum Gasteiger partial charge on any atom is 0.417 e. The Morgan fingerprint density at radius 3 is 2.44 bits per heavy atom. The normalized spacial score (nSPS) is 30.8. The molecule has 32 heavy (non-hydrogen) atoms. The topological polar surface area (TPSA) is 70.6 Å². The maximum absolute atomic E-state index is 13.4. The number of halogens is 3. The molecule has 1 saturated heterocycles. The summed E-state index contributed by atoms with van der Waals surface area (Å²) in [6.07, 6.45) is -1.05. The van der Waals surface area contributed by atoms with Gasteiger partial charge in [0.05, 0.1) is 11.3 Å². The van der Waals surface area contributed by atoms with Gasteiger partial charge in [-0.2, -0.15) is 17.5 Å². The van der Waals surface area contributed by atoms with Crippen LogP contribution in [0.2, 0.25) is 0 Å². The SMILES string of the molecule is CCC1CN(S(=O)(=O)C[C@]23CC[C@@H](CC2=O)C3(C)C)CCN1c1ccc(C(F)(F)F)cn1. The number of carbonyl (C=O) groups is 1. The molecule has 1 unspecified atom stereocenters. The number of hydrogen-bond acceptors (Lipinski definition) is 5. The van der Waals surface area contributed by atoms with Gasteiger partial charge in [0, 0.05) is 43.7 Å². The summed E-state index contributed by atoms with van der Waals surface area (Å²) in [6, 6.07) is 2.14. The van der Waals surface area contributed by atoms with Crippen molar-refractivity contribution in [1.82, 2.24) is 9.29 Å². The zero-order chi connectivity index (χ0) is 23.5. The van der Waals surface area contributed by atoms with Crippen molar-refractivity contribution in [3.05, 3.63) is 23.9 Å². The first-order valence-electron chi connectivity index (χ1n) is 11.1. The van der Waals surface area contributed by atoms with E-state index in [9.17, 15) is 26.4 Å². The molecule has 1 aromatic rings. The van der Waals surface area contributed by atoms with E-state index in [1.54, 1.807) is 0 Å². The number of Topliss-reactive ketones (excluding diaryl/α,β-unsaturated/α-hetero) is 1.